The minimum Gasteiger partial charge on any atom is -0.371 e. The van der Waals surface area contributed by atoms with Gasteiger partial charge in [-0.05, 0) is 63.9 Å². The Labute approximate surface area is 242 Å². The molecule has 3 aromatic heterocycles. The molecule has 0 saturated carbocycles. The Hall–Kier alpha value is -3.90. The number of anilines is 2. The van der Waals surface area contributed by atoms with E-state index in [0.29, 0.717) is 33.0 Å². The van der Waals surface area contributed by atoms with E-state index in [2.05, 4.69) is 33.1 Å². The highest BCUT2D eigenvalue weighted by Crippen LogP contribution is 2.26. The lowest BCUT2D eigenvalue weighted by Crippen LogP contribution is -2.35. The van der Waals surface area contributed by atoms with Crippen LogP contribution >= 0.6 is 11.3 Å². The second kappa shape index (κ2) is 11.2. The molecule has 1 aliphatic heterocycles. The maximum absolute atomic E-state index is 13.9. The number of nitrogens with zero attached hydrogens (tertiary/aromatic N) is 5. The van der Waals surface area contributed by atoms with Crippen molar-refractivity contribution >= 4 is 49.4 Å². The van der Waals surface area contributed by atoms with E-state index in [-0.39, 0.29) is 18.2 Å². The summed E-state index contributed by atoms with van der Waals surface area (Å²) in [7, 11) is -0.347. The number of hydrogen-bond donors (Lipinski definition) is 1. The third kappa shape index (κ3) is 5.94. The van der Waals surface area contributed by atoms with Gasteiger partial charge in [-0.25, -0.2) is 9.97 Å². The molecular weight excluding hydrogens is 557 g/mol. The number of rotatable bonds is 7. The van der Waals surface area contributed by atoms with Crippen LogP contribution in [0.25, 0.3) is 22.2 Å². The van der Waals surface area contributed by atoms with Gasteiger partial charge in [0.25, 0.3) is 5.56 Å². The van der Waals surface area contributed by atoms with Crippen LogP contribution in [0.1, 0.15) is 16.7 Å². The Morgan fingerprint density at radius 1 is 1.17 bits per heavy atom. The lowest BCUT2D eigenvalue weighted by Gasteiger charge is -2.30. The van der Waals surface area contributed by atoms with E-state index in [9.17, 15) is 9.00 Å². The van der Waals surface area contributed by atoms with Crippen molar-refractivity contribution in [1.82, 2.24) is 24.4 Å². The lowest BCUT2D eigenvalue weighted by molar-refractivity contribution is -0.0208. The monoisotopic (exact) mass is 586 g/mol. The number of pyridine rings is 1. The van der Waals surface area contributed by atoms with Crippen molar-refractivity contribution < 1.29 is 8.95 Å². The second-order valence-electron chi connectivity index (χ2n) is 10.2. The minimum atomic E-state index is -2.45. The predicted octanol–water partition coefficient (Wildman–Crippen LogP) is 4.42. The Morgan fingerprint density at radius 2 is 2.00 bits per heavy atom. The molecule has 41 heavy (non-hydrogen) atoms. The van der Waals surface area contributed by atoms with Gasteiger partial charge in [-0.2, -0.15) is 4.98 Å². The molecule has 1 fully saturated rings. The van der Waals surface area contributed by atoms with Crippen LogP contribution in [0.3, 0.4) is 0 Å². The van der Waals surface area contributed by atoms with Gasteiger partial charge in [0.1, 0.15) is 10.7 Å². The summed E-state index contributed by atoms with van der Waals surface area (Å²) in [5.41, 5.74) is 3.35. The molecule has 9 nitrogen and oxygen atoms in total. The van der Waals surface area contributed by atoms with Crippen molar-refractivity contribution in [1.29, 1.82) is 0 Å². The van der Waals surface area contributed by atoms with Crippen molar-refractivity contribution in [3.8, 4) is 11.1 Å². The van der Waals surface area contributed by atoms with E-state index in [0.717, 1.165) is 36.0 Å². The maximum atomic E-state index is 13.9. The third-order valence-corrected chi connectivity index (χ3v) is 9.07. The zero-order valence-corrected chi connectivity index (χ0v) is 24.5. The zero-order chi connectivity index (χ0) is 28.6. The van der Waals surface area contributed by atoms with E-state index >= 15 is 0 Å². The maximum Gasteiger partial charge on any atom is 0.260 e. The van der Waals surface area contributed by atoms with Gasteiger partial charge in [-0.1, -0.05) is 24.3 Å². The van der Waals surface area contributed by atoms with Crippen LogP contribution in [0, 0.1) is 0 Å². The van der Waals surface area contributed by atoms with Gasteiger partial charge >= 0.3 is 0 Å². The molecule has 0 amide bonds. The predicted molar refractivity (Wildman–Crippen MR) is 166 cm³/mol. The van der Waals surface area contributed by atoms with E-state index in [4.69, 9.17) is 9.72 Å². The number of aromatic nitrogens is 4. The molecule has 0 spiro atoms. The van der Waals surface area contributed by atoms with Crippen LogP contribution in [0.15, 0.2) is 82.1 Å². The van der Waals surface area contributed by atoms with Crippen molar-refractivity contribution in [3.63, 3.8) is 0 Å². The first-order chi connectivity index (χ1) is 19.7. The molecule has 210 valence electrons. The molecule has 0 bridgehead atoms. The molecule has 6 rings (SSSR count). The molecule has 0 aliphatic carbocycles. The Balaban J connectivity index is 1.37. The molecular formula is C30H30N6O3S2. The van der Waals surface area contributed by atoms with Crippen molar-refractivity contribution in [2.75, 3.05) is 38.3 Å². The second-order valence-corrected chi connectivity index (χ2v) is 13.7. The Morgan fingerprint density at radius 3 is 2.73 bits per heavy atom. The van der Waals surface area contributed by atoms with Crippen LogP contribution < -0.4 is 10.9 Å². The van der Waals surface area contributed by atoms with E-state index in [1.165, 1.54) is 11.3 Å². The average molecular weight is 587 g/mol. The summed E-state index contributed by atoms with van der Waals surface area (Å²) >= 11 is 1.47. The summed E-state index contributed by atoms with van der Waals surface area (Å²) in [4.78, 5) is 30.5. The molecule has 1 N–H and O–H groups in total. The van der Waals surface area contributed by atoms with Crippen molar-refractivity contribution in [3.05, 3.63) is 93.3 Å². The molecule has 11 heteroatoms. The first-order valence-corrected chi connectivity index (χ1v) is 16.1. The summed E-state index contributed by atoms with van der Waals surface area (Å²) < 4.78 is 20.2. The number of fused-ring (bicyclic) bond motifs is 1. The lowest BCUT2D eigenvalue weighted by atomic mass is 10.1. The number of nitrogens with one attached hydrogen (secondary N) is 1. The number of likely N-dealkylation sites (N-methyl/N-ethyl adjacent to an activating group) is 1. The highest BCUT2D eigenvalue weighted by atomic mass is 32.2. The smallest absolute Gasteiger partial charge is 0.260 e. The fourth-order valence-corrected chi connectivity index (χ4v) is 6.21. The van der Waals surface area contributed by atoms with Gasteiger partial charge < -0.3 is 15.0 Å². The van der Waals surface area contributed by atoms with Gasteiger partial charge in [0.05, 0.1) is 19.3 Å². The van der Waals surface area contributed by atoms with Gasteiger partial charge in [-0.3, -0.25) is 13.6 Å². The molecule has 2 aromatic carbocycles. The summed E-state index contributed by atoms with van der Waals surface area (Å²) in [6, 6.07) is 17.0. The van der Waals surface area contributed by atoms with E-state index < -0.39 is 9.52 Å². The van der Waals surface area contributed by atoms with Gasteiger partial charge in [-0.15, -0.1) is 11.3 Å². The zero-order valence-electron chi connectivity index (χ0n) is 22.8. The fraction of sp³-hybridized carbons (Fsp3) is 0.233. The summed E-state index contributed by atoms with van der Waals surface area (Å²) in [6.45, 7) is 2.78. The summed E-state index contributed by atoms with van der Waals surface area (Å²) in [5.74, 6) is 4.17. The summed E-state index contributed by atoms with van der Waals surface area (Å²) in [6.07, 6.45) is 5.06. The quantitative estimate of drug-likeness (QED) is 0.280. The standard InChI is InChI=1S/C30H30N6O3S2/c1-35-12-13-39-26(18-35)20-7-9-23(10-8-20)33-30-32-17-22-16-25(21-5-4-6-24(15-21)41(2,3)38)29(37)36(28(22)34-30)19-27-31-11-14-40-27/h4-11,14-17,26H,2,12-13,18-19H2,1,3H3,(H,32,33,34). The van der Waals surface area contributed by atoms with Crippen LogP contribution in [-0.2, 0) is 20.8 Å². The molecule has 5 aromatic rings. The van der Waals surface area contributed by atoms with Crippen LogP contribution in [-0.4, -0.2) is 67.5 Å². The van der Waals surface area contributed by atoms with Gasteiger partial charge in [0, 0.05) is 58.7 Å². The molecule has 0 radical (unpaired) electrons. The molecule has 4 heterocycles. The SMILES string of the molecule is C=S(C)(=O)c1cccc(-c2cc3cnc(Nc4ccc(C5CN(C)CCO5)cc4)nc3n(Cc3nccs3)c2=O)c1. The van der Waals surface area contributed by atoms with Gasteiger partial charge in [0.2, 0.25) is 5.95 Å². The largest absolute Gasteiger partial charge is 0.371 e. The van der Waals surface area contributed by atoms with Crippen molar-refractivity contribution in [2.45, 2.75) is 17.5 Å². The van der Waals surface area contributed by atoms with Crippen LogP contribution in [0.4, 0.5) is 11.6 Å². The molecule has 2 unspecified atom stereocenters. The fourth-order valence-electron chi connectivity index (χ4n) is 4.86. The normalized spacial score (nSPS) is 17.4. The van der Waals surface area contributed by atoms with Crippen LogP contribution in [0.2, 0.25) is 0 Å². The summed E-state index contributed by atoms with van der Waals surface area (Å²) in [5, 5.41) is 6.64. The Bertz CT molecular complexity index is 1870. The van der Waals surface area contributed by atoms with Gasteiger partial charge in [0.15, 0.2) is 0 Å². The third-order valence-electron chi connectivity index (χ3n) is 7.06. The topological polar surface area (TPSA) is 102 Å². The van der Waals surface area contributed by atoms with E-state index in [1.807, 2.05) is 35.7 Å². The number of thiazole rings is 1. The number of hydrogen-bond acceptors (Lipinski definition) is 9. The highest BCUT2D eigenvalue weighted by molar-refractivity contribution is 7.99. The molecule has 2 atom stereocenters. The first kappa shape index (κ1) is 27.3. The van der Waals surface area contributed by atoms with Crippen LogP contribution in [0.5, 0.6) is 0 Å². The average Bonchev–Trinajstić information content (AvgIpc) is 3.48. The van der Waals surface area contributed by atoms with E-state index in [1.54, 1.807) is 47.5 Å². The van der Waals surface area contributed by atoms with Crippen molar-refractivity contribution in [2.24, 2.45) is 0 Å². The minimum absolute atomic E-state index is 0.0484. The highest BCUT2D eigenvalue weighted by Gasteiger charge is 2.20. The number of benzene rings is 2. The first-order valence-electron chi connectivity index (χ1n) is 13.1. The Kier molecular flexibility index (Phi) is 7.43. The number of morpholine rings is 1. The molecule has 1 aliphatic rings. The molecule has 1 saturated heterocycles. The number of ether oxygens (including phenoxy) is 1.